The Bertz CT molecular complexity index is 436. The van der Waals surface area contributed by atoms with Crippen molar-refractivity contribution >= 4 is 11.9 Å². The van der Waals surface area contributed by atoms with Gasteiger partial charge in [0.25, 0.3) is 5.79 Å². The molecule has 1 rings (SSSR count). The molecule has 0 saturated carbocycles. The number of carbonyl (C=O) groups is 2. The summed E-state index contributed by atoms with van der Waals surface area (Å²) in [7, 11) is 0. The molecule has 0 radical (unpaired) electrons. The van der Waals surface area contributed by atoms with E-state index in [2.05, 4.69) is 0 Å². The van der Waals surface area contributed by atoms with E-state index in [0.29, 0.717) is 0 Å². The normalized spacial score (nSPS) is 31.7. The number of ether oxygens (including phenoxy) is 2. The minimum Gasteiger partial charge on any atom is -0.478 e. The molecular formula is C13H16O6. The highest BCUT2D eigenvalue weighted by Gasteiger charge is 2.47. The average molecular weight is 268 g/mol. The van der Waals surface area contributed by atoms with E-state index in [1.165, 1.54) is 13.0 Å². The quantitative estimate of drug-likeness (QED) is 0.577. The molecule has 0 spiro atoms. The Labute approximate surface area is 110 Å². The van der Waals surface area contributed by atoms with Crippen molar-refractivity contribution in [1.82, 2.24) is 0 Å². The van der Waals surface area contributed by atoms with Gasteiger partial charge in [-0.25, -0.2) is 9.59 Å². The molecule has 0 aromatic rings. The molecule has 6 heteroatoms. The van der Waals surface area contributed by atoms with E-state index >= 15 is 0 Å². The van der Waals surface area contributed by atoms with Crippen LogP contribution in [-0.2, 0) is 19.1 Å². The average Bonchev–Trinajstić information content (AvgIpc) is 2.60. The number of hydrogen-bond acceptors (Lipinski definition) is 4. The lowest BCUT2D eigenvalue weighted by molar-refractivity contribution is -0.200. The van der Waals surface area contributed by atoms with Gasteiger partial charge in [-0.15, -0.1) is 0 Å². The van der Waals surface area contributed by atoms with Crippen LogP contribution in [0.1, 0.15) is 13.8 Å². The van der Waals surface area contributed by atoms with Crippen LogP contribution in [0.2, 0.25) is 0 Å². The molecule has 104 valence electrons. The smallest absolute Gasteiger partial charge is 0.364 e. The zero-order valence-electron chi connectivity index (χ0n) is 10.6. The maximum atomic E-state index is 10.9. The second-order valence-electron chi connectivity index (χ2n) is 4.12. The third kappa shape index (κ3) is 4.35. The largest absolute Gasteiger partial charge is 0.478 e. The van der Waals surface area contributed by atoms with E-state index in [0.717, 1.165) is 6.08 Å². The number of rotatable bonds is 5. The van der Waals surface area contributed by atoms with Crippen LogP contribution in [0.4, 0.5) is 0 Å². The summed E-state index contributed by atoms with van der Waals surface area (Å²) in [6.07, 6.45) is 8.00. The first-order chi connectivity index (χ1) is 8.85. The molecule has 2 N–H and O–H groups in total. The summed E-state index contributed by atoms with van der Waals surface area (Å²) >= 11 is 0. The summed E-state index contributed by atoms with van der Waals surface area (Å²) < 4.78 is 10.6. The van der Waals surface area contributed by atoms with Crippen molar-refractivity contribution in [3.05, 3.63) is 36.5 Å². The van der Waals surface area contributed by atoms with E-state index < -0.39 is 23.8 Å². The molecule has 0 amide bonds. The van der Waals surface area contributed by atoms with Crippen molar-refractivity contribution < 1.29 is 29.3 Å². The highest BCUT2D eigenvalue weighted by molar-refractivity contribution is 5.80. The Morgan fingerprint density at radius 1 is 1.11 bits per heavy atom. The molecule has 1 fully saturated rings. The standard InChI is InChI=1S/C13H16O6/c1-9-10(19-13(2,18-9)12(16)17)7-5-3-4-6-8-11(14)15/h3-10H,1-2H3,(H,14,15)(H,16,17)/b4-3+,7-5+,8-6+/t9-,10-,13-/m0/s1. The van der Waals surface area contributed by atoms with Gasteiger partial charge in [-0.05, 0) is 6.92 Å². The Morgan fingerprint density at radius 3 is 2.26 bits per heavy atom. The van der Waals surface area contributed by atoms with Crippen LogP contribution in [0.25, 0.3) is 0 Å². The fourth-order valence-corrected chi connectivity index (χ4v) is 1.54. The molecular weight excluding hydrogens is 252 g/mol. The van der Waals surface area contributed by atoms with Crippen LogP contribution in [0, 0.1) is 0 Å². The topological polar surface area (TPSA) is 93.1 Å². The minimum absolute atomic E-state index is 0.375. The van der Waals surface area contributed by atoms with Gasteiger partial charge in [0.15, 0.2) is 0 Å². The van der Waals surface area contributed by atoms with Gasteiger partial charge >= 0.3 is 11.9 Å². The van der Waals surface area contributed by atoms with E-state index in [9.17, 15) is 9.59 Å². The van der Waals surface area contributed by atoms with E-state index in [1.807, 2.05) is 0 Å². The number of aliphatic carboxylic acids is 2. The lowest BCUT2D eigenvalue weighted by atomic mass is 10.2. The molecule has 0 aromatic heterocycles. The molecule has 1 aliphatic rings. The maximum absolute atomic E-state index is 10.9. The first-order valence-corrected chi connectivity index (χ1v) is 5.68. The van der Waals surface area contributed by atoms with Crippen LogP contribution in [-0.4, -0.2) is 40.1 Å². The van der Waals surface area contributed by atoms with Crippen LogP contribution >= 0.6 is 0 Å². The summed E-state index contributed by atoms with van der Waals surface area (Å²) in [5, 5.41) is 17.3. The monoisotopic (exact) mass is 268 g/mol. The Hall–Kier alpha value is -1.92. The second-order valence-corrected chi connectivity index (χ2v) is 4.12. The molecule has 0 bridgehead atoms. The van der Waals surface area contributed by atoms with Gasteiger partial charge in [-0.3, -0.25) is 0 Å². The number of allylic oxidation sites excluding steroid dienone is 4. The zero-order valence-corrected chi connectivity index (χ0v) is 10.6. The van der Waals surface area contributed by atoms with Gasteiger partial charge in [0.2, 0.25) is 0 Å². The number of carboxylic acids is 2. The predicted molar refractivity (Wildman–Crippen MR) is 66.5 cm³/mol. The van der Waals surface area contributed by atoms with Crippen molar-refractivity contribution in [1.29, 1.82) is 0 Å². The minimum atomic E-state index is -1.62. The van der Waals surface area contributed by atoms with Crippen molar-refractivity contribution in [3.8, 4) is 0 Å². The predicted octanol–water partition coefficient (Wildman–Crippen LogP) is 1.34. The van der Waals surface area contributed by atoms with Crippen LogP contribution in [0.3, 0.4) is 0 Å². The molecule has 0 unspecified atom stereocenters. The number of carboxylic acid groups (broad SMARTS) is 2. The molecule has 19 heavy (non-hydrogen) atoms. The fourth-order valence-electron chi connectivity index (χ4n) is 1.54. The van der Waals surface area contributed by atoms with Gasteiger partial charge in [-0.1, -0.05) is 30.4 Å². The summed E-state index contributed by atoms with van der Waals surface area (Å²) in [5.74, 6) is -3.82. The lowest BCUT2D eigenvalue weighted by Gasteiger charge is -2.16. The second kappa shape index (κ2) is 6.31. The molecule has 1 heterocycles. The summed E-state index contributed by atoms with van der Waals surface area (Å²) in [5.41, 5.74) is 0. The van der Waals surface area contributed by atoms with Crippen LogP contribution < -0.4 is 0 Å². The van der Waals surface area contributed by atoms with Gasteiger partial charge < -0.3 is 19.7 Å². The maximum Gasteiger partial charge on any atom is 0.364 e. The summed E-state index contributed by atoms with van der Waals surface area (Å²) in [6, 6.07) is 0. The molecule has 3 atom stereocenters. The zero-order chi connectivity index (χ0) is 14.5. The van der Waals surface area contributed by atoms with Gasteiger partial charge in [-0.2, -0.15) is 0 Å². The van der Waals surface area contributed by atoms with E-state index in [4.69, 9.17) is 19.7 Å². The SMILES string of the molecule is C[C@@H]1O[C@](C)(C(=O)O)O[C@H]1/C=C/C=C/C=C/C(=O)O. The Morgan fingerprint density at radius 2 is 1.74 bits per heavy atom. The Kier molecular flexibility index (Phi) is 5.02. The molecule has 6 nitrogen and oxygen atoms in total. The van der Waals surface area contributed by atoms with Crippen LogP contribution in [0.5, 0.6) is 0 Å². The van der Waals surface area contributed by atoms with Crippen molar-refractivity contribution in [3.63, 3.8) is 0 Å². The highest BCUT2D eigenvalue weighted by atomic mass is 16.8. The number of hydrogen-bond donors (Lipinski definition) is 2. The first-order valence-electron chi connectivity index (χ1n) is 5.68. The first kappa shape index (κ1) is 15.1. The van der Waals surface area contributed by atoms with Crippen molar-refractivity contribution in [2.75, 3.05) is 0 Å². The van der Waals surface area contributed by atoms with Gasteiger partial charge in [0, 0.05) is 13.0 Å². The third-order valence-corrected chi connectivity index (χ3v) is 2.50. The molecule has 1 aliphatic heterocycles. The molecule has 1 saturated heterocycles. The molecule has 0 aliphatic carbocycles. The highest BCUT2D eigenvalue weighted by Crippen LogP contribution is 2.29. The molecule has 0 aromatic carbocycles. The Balaban J connectivity index is 2.54. The van der Waals surface area contributed by atoms with E-state index in [1.54, 1.807) is 31.2 Å². The van der Waals surface area contributed by atoms with Crippen molar-refractivity contribution in [2.45, 2.75) is 31.8 Å². The summed E-state index contributed by atoms with van der Waals surface area (Å²) in [6.45, 7) is 3.07. The van der Waals surface area contributed by atoms with Gasteiger partial charge in [0.05, 0.1) is 6.10 Å². The van der Waals surface area contributed by atoms with Crippen molar-refractivity contribution in [2.24, 2.45) is 0 Å². The lowest BCUT2D eigenvalue weighted by Crippen LogP contribution is -2.36. The van der Waals surface area contributed by atoms with E-state index in [-0.39, 0.29) is 6.10 Å². The van der Waals surface area contributed by atoms with Gasteiger partial charge in [0.1, 0.15) is 6.10 Å². The summed E-state index contributed by atoms with van der Waals surface area (Å²) in [4.78, 5) is 21.1. The van der Waals surface area contributed by atoms with Crippen LogP contribution in [0.15, 0.2) is 36.5 Å². The third-order valence-electron chi connectivity index (χ3n) is 2.50. The fraction of sp³-hybridized carbons (Fsp3) is 0.385.